The van der Waals surface area contributed by atoms with Gasteiger partial charge in [0.05, 0.1) is 21.6 Å². The van der Waals surface area contributed by atoms with Crippen LogP contribution in [0.25, 0.3) is 6.08 Å². The van der Waals surface area contributed by atoms with Crippen molar-refractivity contribution >= 4 is 64.0 Å². The molecule has 1 aromatic heterocycles. The van der Waals surface area contributed by atoms with E-state index in [4.69, 9.17) is 49.4 Å². The summed E-state index contributed by atoms with van der Waals surface area (Å²) in [6.07, 6.45) is 1.87. The third kappa shape index (κ3) is 4.80. The molecule has 0 fully saturated rings. The number of thioether (sulfide) groups is 1. The summed E-state index contributed by atoms with van der Waals surface area (Å²) in [7, 11) is 0. The predicted molar refractivity (Wildman–Crippen MR) is 144 cm³/mol. The van der Waals surface area contributed by atoms with Crippen molar-refractivity contribution in [2.45, 2.75) is 11.7 Å². The lowest BCUT2D eigenvalue weighted by atomic mass is 10.1. The summed E-state index contributed by atoms with van der Waals surface area (Å²) in [6.45, 7) is 0.358. The van der Waals surface area contributed by atoms with Crippen LogP contribution in [0.1, 0.15) is 17.0 Å². The number of benzene rings is 3. The molecule has 2 aliphatic heterocycles. The highest BCUT2D eigenvalue weighted by Gasteiger charge is 2.27. The second-order valence-corrected chi connectivity index (χ2v) is 10.3. The van der Waals surface area contributed by atoms with Crippen LogP contribution in [0, 0.1) is 11.6 Å². The molecule has 2 aliphatic rings. The molecule has 4 aromatic rings. The maximum Gasteiger partial charge on any atom is 0.231 e. The zero-order valence-electron chi connectivity index (χ0n) is 19.0. The molecule has 38 heavy (non-hydrogen) atoms. The van der Waals surface area contributed by atoms with Crippen molar-refractivity contribution in [3.8, 4) is 11.5 Å². The lowest BCUT2D eigenvalue weighted by molar-refractivity contribution is 0.174. The molecule has 0 radical (unpaired) electrons. The van der Waals surface area contributed by atoms with Crippen LogP contribution in [0.4, 0.5) is 14.5 Å². The maximum absolute atomic E-state index is 14.5. The van der Waals surface area contributed by atoms with E-state index in [0.29, 0.717) is 44.3 Å². The molecule has 0 atom stereocenters. The van der Waals surface area contributed by atoms with Gasteiger partial charge in [0.2, 0.25) is 11.9 Å². The Labute approximate surface area is 234 Å². The summed E-state index contributed by atoms with van der Waals surface area (Å²) >= 11 is 19.6. The van der Waals surface area contributed by atoms with Gasteiger partial charge in [0, 0.05) is 16.2 Å². The van der Waals surface area contributed by atoms with E-state index in [2.05, 4.69) is 15.5 Å². The van der Waals surface area contributed by atoms with Crippen molar-refractivity contribution < 1.29 is 18.3 Å². The van der Waals surface area contributed by atoms with E-state index < -0.39 is 11.6 Å². The summed E-state index contributed by atoms with van der Waals surface area (Å²) < 4.78 is 40.5. The van der Waals surface area contributed by atoms with Crippen molar-refractivity contribution in [2.24, 2.45) is 5.10 Å². The van der Waals surface area contributed by atoms with Crippen molar-refractivity contribution in [3.05, 3.63) is 97.1 Å². The fourth-order valence-electron chi connectivity index (χ4n) is 3.80. The normalized spacial score (nSPS) is 15.0. The van der Waals surface area contributed by atoms with E-state index in [1.54, 1.807) is 6.07 Å². The highest BCUT2D eigenvalue weighted by Crippen LogP contribution is 2.39. The van der Waals surface area contributed by atoms with Crippen molar-refractivity contribution in [3.63, 3.8) is 0 Å². The Hall–Kier alpha value is -3.31. The minimum Gasteiger partial charge on any atom is -0.454 e. The fraction of sp³-hybridized carbons (Fsp3) is 0.0800. The summed E-state index contributed by atoms with van der Waals surface area (Å²) in [5.41, 5.74) is 2.13. The van der Waals surface area contributed by atoms with E-state index in [-0.39, 0.29) is 28.4 Å². The third-order valence-corrected chi connectivity index (χ3v) is 7.50. The first-order chi connectivity index (χ1) is 18.4. The highest BCUT2D eigenvalue weighted by atomic mass is 35.5. The first-order valence-corrected chi connectivity index (χ1v) is 13.0. The lowest BCUT2D eigenvalue weighted by Crippen LogP contribution is -2.15. The topological polar surface area (TPSA) is 73.6 Å². The van der Waals surface area contributed by atoms with Crippen LogP contribution in [-0.4, -0.2) is 27.4 Å². The van der Waals surface area contributed by atoms with Crippen LogP contribution in [0.3, 0.4) is 0 Å². The zero-order valence-corrected chi connectivity index (χ0v) is 22.1. The van der Waals surface area contributed by atoms with Crippen molar-refractivity contribution in [1.29, 1.82) is 0 Å². The second-order valence-electron chi connectivity index (χ2n) is 8.11. The van der Waals surface area contributed by atoms with Crippen LogP contribution in [0.15, 0.2) is 63.7 Å². The molecule has 0 spiro atoms. The number of aromatic nitrogens is 3. The van der Waals surface area contributed by atoms with E-state index in [1.807, 2.05) is 24.3 Å². The quantitative estimate of drug-likeness (QED) is 0.246. The van der Waals surface area contributed by atoms with Gasteiger partial charge in [-0.1, -0.05) is 40.9 Å². The number of nitrogens with zero attached hydrogens (tertiary/aromatic N) is 4. The fourth-order valence-corrected chi connectivity index (χ4v) is 5.40. The maximum atomic E-state index is 14.5. The summed E-state index contributed by atoms with van der Waals surface area (Å²) in [6, 6.07) is 12.4. The molecule has 0 bridgehead atoms. The Morgan fingerprint density at radius 1 is 0.921 bits per heavy atom. The van der Waals surface area contributed by atoms with Gasteiger partial charge in [-0.3, -0.25) is 0 Å². The van der Waals surface area contributed by atoms with E-state index in [9.17, 15) is 8.78 Å². The minimum absolute atomic E-state index is 0.00756. The number of hydrogen-bond acceptors (Lipinski definition) is 7. The first kappa shape index (κ1) is 25.0. The summed E-state index contributed by atoms with van der Waals surface area (Å²) in [5.74, 6) is 0.576. The minimum atomic E-state index is -0.633. The highest BCUT2D eigenvalue weighted by molar-refractivity contribution is 8.04. The Morgan fingerprint density at radius 2 is 1.74 bits per heavy atom. The van der Waals surface area contributed by atoms with Crippen LogP contribution in [0.5, 0.6) is 11.5 Å². The number of nitrogens with one attached hydrogen (secondary N) is 1. The number of anilines is 1. The Bertz CT molecular complexity index is 1660. The first-order valence-electron chi connectivity index (χ1n) is 11.0. The number of halogens is 5. The van der Waals surface area contributed by atoms with Crippen molar-refractivity contribution in [1.82, 2.24) is 14.9 Å². The molecular weight excluding hydrogens is 579 g/mol. The molecule has 7 nitrogen and oxygen atoms in total. The zero-order chi connectivity index (χ0) is 26.4. The van der Waals surface area contributed by atoms with Crippen LogP contribution < -0.4 is 14.8 Å². The molecule has 0 unspecified atom stereocenters. The number of allylic oxidation sites excluding steroid dienone is 1. The van der Waals surface area contributed by atoms with E-state index in [0.717, 1.165) is 5.56 Å². The van der Waals surface area contributed by atoms with Gasteiger partial charge in [0.15, 0.2) is 17.3 Å². The standard InChI is InChI=1S/C25H14Cl3F2N5O2S/c26-15-9-17(28)19(30)8-14(15)24-22(6-12-1-4-20-21(5-12)37-11-36-20)38-25-33-32-23(35(25)34-24)10-31-13-2-3-18(29)16(27)7-13/h1-9,31H,10-11H2/b22-6-. The molecular formula is C25H14Cl3F2N5O2S. The number of rotatable bonds is 5. The molecule has 13 heteroatoms. The van der Waals surface area contributed by atoms with Gasteiger partial charge < -0.3 is 14.8 Å². The van der Waals surface area contributed by atoms with Gasteiger partial charge in [0.1, 0.15) is 17.3 Å². The van der Waals surface area contributed by atoms with Gasteiger partial charge in [0.25, 0.3) is 0 Å². The van der Waals surface area contributed by atoms with Crippen LogP contribution in [0.2, 0.25) is 15.1 Å². The Morgan fingerprint density at radius 3 is 2.58 bits per heavy atom. The second kappa shape index (κ2) is 10.1. The SMILES string of the molecule is Fc1ccc(NCc2nnc3n2N=C(c2cc(F)c(Cl)cc2Cl)/C(=C/c2ccc4c(c2)OCO4)S3)cc1Cl. The van der Waals surface area contributed by atoms with Crippen LogP contribution in [-0.2, 0) is 6.54 Å². The summed E-state index contributed by atoms with van der Waals surface area (Å²) in [5, 5.41) is 17.0. The molecule has 3 aromatic carbocycles. The third-order valence-electron chi connectivity index (χ3n) is 5.64. The van der Waals surface area contributed by atoms with E-state index in [1.165, 1.54) is 40.7 Å². The summed E-state index contributed by atoms with van der Waals surface area (Å²) in [4.78, 5) is 0.650. The Kier molecular flexibility index (Phi) is 6.65. The molecule has 0 saturated carbocycles. The van der Waals surface area contributed by atoms with Gasteiger partial charge in [-0.15, -0.1) is 10.2 Å². The molecule has 1 N–H and O–H groups in total. The molecule has 192 valence electrons. The van der Waals surface area contributed by atoms with Gasteiger partial charge >= 0.3 is 0 Å². The molecule has 0 amide bonds. The molecule has 0 saturated heterocycles. The predicted octanol–water partition coefficient (Wildman–Crippen LogP) is 7.26. The molecule has 3 heterocycles. The van der Waals surface area contributed by atoms with Crippen molar-refractivity contribution in [2.75, 3.05) is 12.1 Å². The molecule has 6 rings (SSSR count). The monoisotopic (exact) mass is 591 g/mol. The van der Waals surface area contributed by atoms with Gasteiger partial charge in [-0.2, -0.15) is 9.78 Å². The number of fused-ring (bicyclic) bond motifs is 2. The Balaban J connectivity index is 1.40. The average molecular weight is 593 g/mol. The number of ether oxygens (including phenoxy) is 2. The van der Waals surface area contributed by atoms with E-state index >= 15 is 0 Å². The largest absolute Gasteiger partial charge is 0.454 e. The average Bonchev–Trinajstić information content (AvgIpc) is 3.53. The number of hydrogen-bond donors (Lipinski definition) is 1. The van der Waals surface area contributed by atoms with Gasteiger partial charge in [-0.05, 0) is 65.9 Å². The lowest BCUT2D eigenvalue weighted by Gasteiger charge is -2.18. The molecule has 0 aliphatic carbocycles. The van der Waals surface area contributed by atoms with Crippen LogP contribution >= 0.6 is 46.6 Å². The van der Waals surface area contributed by atoms with Gasteiger partial charge in [-0.25, -0.2) is 8.78 Å². The smallest absolute Gasteiger partial charge is 0.231 e.